The molecule has 2 N–H and O–H groups in total. The highest BCUT2D eigenvalue weighted by molar-refractivity contribution is 6.10. The molecule has 0 saturated carbocycles. The van der Waals surface area contributed by atoms with Crippen LogP contribution in [0.4, 0.5) is 5.69 Å². The number of hydrogen-bond donors (Lipinski definition) is 2. The molecule has 0 unspecified atom stereocenters. The molecule has 0 radical (unpaired) electrons. The van der Waals surface area contributed by atoms with E-state index in [1.54, 1.807) is 21.0 Å². The van der Waals surface area contributed by atoms with E-state index in [1.165, 1.54) is 0 Å². The average Bonchev–Trinajstić information content (AvgIpc) is 2.51. The van der Waals surface area contributed by atoms with Crippen LogP contribution in [0.15, 0.2) is 24.3 Å². The summed E-state index contributed by atoms with van der Waals surface area (Å²) in [7, 11) is 1.62. The van der Waals surface area contributed by atoms with Gasteiger partial charge in [-0.1, -0.05) is 25.1 Å². The third-order valence-electron chi connectivity index (χ3n) is 3.59. The topological polar surface area (TPSA) is 67.4 Å². The maximum absolute atomic E-state index is 12.4. The van der Waals surface area contributed by atoms with Crippen LogP contribution in [0.25, 0.3) is 0 Å². The number of ether oxygens (including phenoxy) is 1. The molecular formula is C17H26N2O3. The molecule has 1 aromatic rings. The highest BCUT2D eigenvalue weighted by atomic mass is 16.5. The zero-order valence-electron chi connectivity index (χ0n) is 13.9. The van der Waals surface area contributed by atoms with Gasteiger partial charge in [0.25, 0.3) is 0 Å². The van der Waals surface area contributed by atoms with E-state index in [0.717, 1.165) is 24.1 Å². The number of amides is 2. The lowest BCUT2D eigenvalue weighted by molar-refractivity contribution is -0.138. The second-order valence-electron chi connectivity index (χ2n) is 5.69. The standard InChI is InChI=1S/C17H26N2O3/c1-5-13-9-6-7-10-14(13)19-16(21)17(2,3)15(20)18-11-8-12-22-4/h6-7,9-10H,5,8,11-12H2,1-4H3,(H,18,20)(H,19,21). The first kappa shape index (κ1) is 18.2. The Hall–Kier alpha value is -1.88. The summed E-state index contributed by atoms with van der Waals surface area (Å²) in [5.41, 5.74) is 0.677. The molecule has 0 fully saturated rings. The number of carbonyl (C=O) groups excluding carboxylic acids is 2. The van der Waals surface area contributed by atoms with E-state index in [9.17, 15) is 9.59 Å². The predicted octanol–water partition coefficient (Wildman–Crippen LogP) is 2.37. The summed E-state index contributed by atoms with van der Waals surface area (Å²) in [5.74, 6) is -0.590. The smallest absolute Gasteiger partial charge is 0.239 e. The summed E-state index contributed by atoms with van der Waals surface area (Å²) < 4.78 is 4.93. The number of benzene rings is 1. The summed E-state index contributed by atoms with van der Waals surface area (Å²) in [4.78, 5) is 24.6. The molecule has 0 bridgehead atoms. The van der Waals surface area contributed by atoms with Crippen LogP contribution in [-0.4, -0.2) is 32.1 Å². The number of anilines is 1. The van der Waals surface area contributed by atoms with Gasteiger partial charge < -0.3 is 15.4 Å². The highest BCUT2D eigenvalue weighted by Crippen LogP contribution is 2.21. The van der Waals surface area contributed by atoms with Crippen LogP contribution in [0.1, 0.15) is 32.8 Å². The summed E-state index contributed by atoms with van der Waals surface area (Å²) >= 11 is 0. The Labute approximate surface area is 132 Å². The normalized spacial score (nSPS) is 11.1. The van der Waals surface area contributed by atoms with Gasteiger partial charge in [0, 0.05) is 25.9 Å². The molecule has 2 amide bonds. The average molecular weight is 306 g/mol. The molecule has 0 spiro atoms. The van der Waals surface area contributed by atoms with Crippen molar-refractivity contribution in [2.75, 3.05) is 25.6 Å². The fourth-order valence-corrected chi connectivity index (χ4v) is 1.97. The summed E-state index contributed by atoms with van der Waals surface area (Å²) in [6.07, 6.45) is 1.54. The van der Waals surface area contributed by atoms with Crippen LogP contribution in [-0.2, 0) is 20.7 Å². The van der Waals surface area contributed by atoms with E-state index in [-0.39, 0.29) is 11.8 Å². The summed E-state index contributed by atoms with van der Waals surface area (Å²) in [6, 6.07) is 7.62. The molecule has 5 heteroatoms. The lowest BCUT2D eigenvalue weighted by Crippen LogP contribution is -2.45. The maximum atomic E-state index is 12.4. The van der Waals surface area contributed by atoms with Gasteiger partial charge in [0.05, 0.1) is 0 Å². The highest BCUT2D eigenvalue weighted by Gasteiger charge is 2.36. The van der Waals surface area contributed by atoms with E-state index < -0.39 is 5.41 Å². The molecule has 1 rings (SSSR count). The molecule has 0 saturated heterocycles. The van der Waals surface area contributed by atoms with Crippen LogP contribution in [0.5, 0.6) is 0 Å². The minimum absolute atomic E-state index is 0.282. The van der Waals surface area contributed by atoms with Crippen LogP contribution in [0, 0.1) is 5.41 Å². The van der Waals surface area contributed by atoms with E-state index >= 15 is 0 Å². The Morgan fingerprint density at radius 1 is 1.18 bits per heavy atom. The molecule has 22 heavy (non-hydrogen) atoms. The number of aryl methyl sites for hydroxylation is 1. The minimum atomic E-state index is -1.13. The van der Waals surface area contributed by atoms with Gasteiger partial charge in [0.1, 0.15) is 5.41 Å². The van der Waals surface area contributed by atoms with Crippen molar-refractivity contribution in [3.05, 3.63) is 29.8 Å². The number of methoxy groups -OCH3 is 1. The van der Waals surface area contributed by atoms with Crippen molar-refractivity contribution in [3.63, 3.8) is 0 Å². The fraction of sp³-hybridized carbons (Fsp3) is 0.529. The fourth-order valence-electron chi connectivity index (χ4n) is 1.97. The van der Waals surface area contributed by atoms with Gasteiger partial charge >= 0.3 is 0 Å². The Bertz CT molecular complexity index is 512. The predicted molar refractivity (Wildman–Crippen MR) is 87.7 cm³/mol. The summed E-state index contributed by atoms with van der Waals surface area (Å²) in [5, 5.41) is 5.63. The third kappa shape index (κ3) is 4.84. The molecule has 1 aromatic carbocycles. The van der Waals surface area contributed by atoms with Gasteiger partial charge in [-0.3, -0.25) is 9.59 Å². The van der Waals surface area contributed by atoms with Gasteiger partial charge in [-0.25, -0.2) is 0 Å². The first-order chi connectivity index (χ1) is 10.4. The Kier molecular flexibility index (Phi) is 7.05. The van der Waals surface area contributed by atoms with Crippen molar-refractivity contribution in [1.82, 2.24) is 5.32 Å². The minimum Gasteiger partial charge on any atom is -0.385 e. The third-order valence-corrected chi connectivity index (χ3v) is 3.59. The van der Waals surface area contributed by atoms with Crippen LogP contribution < -0.4 is 10.6 Å². The zero-order chi connectivity index (χ0) is 16.6. The molecule has 0 atom stereocenters. The second-order valence-corrected chi connectivity index (χ2v) is 5.69. The molecule has 0 aromatic heterocycles. The zero-order valence-corrected chi connectivity index (χ0v) is 13.9. The molecule has 0 aliphatic heterocycles. The van der Waals surface area contributed by atoms with Gasteiger partial charge in [-0.15, -0.1) is 0 Å². The van der Waals surface area contributed by atoms with E-state index in [4.69, 9.17) is 4.74 Å². The number of nitrogens with one attached hydrogen (secondary N) is 2. The molecule has 0 heterocycles. The van der Waals surface area contributed by atoms with Gasteiger partial charge in [0.2, 0.25) is 11.8 Å². The lowest BCUT2D eigenvalue weighted by atomic mass is 9.90. The molecule has 0 aliphatic rings. The van der Waals surface area contributed by atoms with Crippen molar-refractivity contribution >= 4 is 17.5 Å². The first-order valence-electron chi connectivity index (χ1n) is 7.60. The second kappa shape index (κ2) is 8.54. The van der Waals surface area contributed by atoms with Crippen molar-refractivity contribution in [3.8, 4) is 0 Å². The van der Waals surface area contributed by atoms with E-state index in [1.807, 2.05) is 31.2 Å². The SMILES string of the molecule is CCc1ccccc1NC(=O)C(C)(C)C(=O)NCCCOC. The largest absolute Gasteiger partial charge is 0.385 e. The van der Waals surface area contributed by atoms with Crippen molar-refractivity contribution in [2.24, 2.45) is 5.41 Å². The van der Waals surface area contributed by atoms with Crippen molar-refractivity contribution in [1.29, 1.82) is 0 Å². The molecule has 122 valence electrons. The summed E-state index contributed by atoms with van der Waals surface area (Å²) in [6.45, 7) is 6.36. The lowest BCUT2D eigenvalue weighted by Gasteiger charge is -2.23. The molecule has 0 aliphatic carbocycles. The first-order valence-corrected chi connectivity index (χ1v) is 7.60. The van der Waals surface area contributed by atoms with Crippen LogP contribution in [0.2, 0.25) is 0 Å². The van der Waals surface area contributed by atoms with Crippen LogP contribution >= 0.6 is 0 Å². The Morgan fingerprint density at radius 3 is 2.50 bits per heavy atom. The Balaban J connectivity index is 2.67. The number of para-hydroxylation sites is 1. The van der Waals surface area contributed by atoms with Crippen molar-refractivity contribution in [2.45, 2.75) is 33.6 Å². The van der Waals surface area contributed by atoms with E-state index in [0.29, 0.717) is 13.2 Å². The van der Waals surface area contributed by atoms with Gasteiger partial charge in [0.15, 0.2) is 0 Å². The monoisotopic (exact) mass is 306 g/mol. The molecular weight excluding hydrogens is 280 g/mol. The maximum Gasteiger partial charge on any atom is 0.239 e. The number of hydrogen-bond acceptors (Lipinski definition) is 3. The quantitative estimate of drug-likeness (QED) is 0.572. The number of carbonyl (C=O) groups is 2. The van der Waals surface area contributed by atoms with E-state index in [2.05, 4.69) is 10.6 Å². The van der Waals surface area contributed by atoms with Crippen LogP contribution in [0.3, 0.4) is 0 Å². The van der Waals surface area contributed by atoms with Gasteiger partial charge in [-0.2, -0.15) is 0 Å². The van der Waals surface area contributed by atoms with Crippen molar-refractivity contribution < 1.29 is 14.3 Å². The van der Waals surface area contributed by atoms with Gasteiger partial charge in [-0.05, 0) is 38.3 Å². The number of rotatable bonds is 8. The molecule has 5 nitrogen and oxygen atoms in total. The Morgan fingerprint density at radius 2 is 1.86 bits per heavy atom.